The first-order valence-corrected chi connectivity index (χ1v) is 8.38. The third-order valence-electron chi connectivity index (χ3n) is 5.18. The third-order valence-corrected chi connectivity index (χ3v) is 5.18. The first kappa shape index (κ1) is 17.4. The second kappa shape index (κ2) is 7.53. The lowest BCUT2D eigenvalue weighted by molar-refractivity contribution is -0.129. The van der Waals surface area contributed by atoms with Crippen LogP contribution in [-0.2, 0) is 4.79 Å². The van der Waals surface area contributed by atoms with Crippen LogP contribution in [0, 0.1) is 16.7 Å². The van der Waals surface area contributed by atoms with Gasteiger partial charge >= 0.3 is 0 Å². The zero-order chi connectivity index (χ0) is 16.9. The highest BCUT2D eigenvalue weighted by Crippen LogP contribution is 2.39. The molecule has 0 saturated heterocycles. The van der Waals surface area contributed by atoms with Gasteiger partial charge in [0.15, 0.2) is 5.78 Å². The minimum absolute atomic E-state index is 0.0154. The van der Waals surface area contributed by atoms with Gasteiger partial charge in [-0.25, -0.2) is 0 Å². The van der Waals surface area contributed by atoms with Crippen LogP contribution in [0.4, 0.5) is 0 Å². The molecule has 4 nitrogen and oxygen atoms in total. The highest BCUT2D eigenvalue weighted by atomic mass is 16.2. The quantitative estimate of drug-likeness (QED) is 0.622. The Morgan fingerprint density at radius 2 is 1.78 bits per heavy atom. The molecule has 1 aliphatic carbocycles. The summed E-state index contributed by atoms with van der Waals surface area (Å²) in [6.07, 6.45) is 5.39. The van der Waals surface area contributed by atoms with E-state index in [0.29, 0.717) is 11.3 Å². The number of hydrogen-bond donors (Lipinski definition) is 2. The molecule has 1 saturated carbocycles. The molecular formula is C19H26N2O2. The van der Waals surface area contributed by atoms with Crippen LogP contribution in [0.1, 0.15) is 56.3 Å². The normalized spacial score (nSPS) is 18.0. The number of benzene rings is 1. The van der Waals surface area contributed by atoms with Gasteiger partial charge in [0.1, 0.15) is 0 Å². The number of amides is 1. The van der Waals surface area contributed by atoms with Crippen molar-refractivity contribution in [3.8, 4) is 0 Å². The predicted molar refractivity (Wildman–Crippen MR) is 91.9 cm³/mol. The fourth-order valence-electron chi connectivity index (χ4n) is 3.41. The van der Waals surface area contributed by atoms with E-state index in [1.807, 2.05) is 25.1 Å². The first-order chi connectivity index (χ1) is 11.0. The molecule has 0 bridgehead atoms. The summed E-state index contributed by atoms with van der Waals surface area (Å²) in [6, 6.07) is 8.97. The van der Waals surface area contributed by atoms with Gasteiger partial charge in [-0.3, -0.25) is 9.59 Å². The van der Waals surface area contributed by atoms with E-state index in [4.69, 9.17) is 5.41 Å². The van der Waals surface area contributed by atoms with E-state index in [1.165, 1.54) is 6.42 Å². The van der Waals surface area contributed by atoms with E-state index < -0.39 is 5.41 Å². The molecule has 0 radical (unpaired) electrons. The summed E-state index contributed by atoms with van der Waals surface area (Å²) >= 11 is 0. The number of ketones is 1. The maximum Gasteiger partial charge on any atom is 0.232 e. The summed E-state index contributed by atoms with van der Waals surface area (Å²) in [4.78, 5) is 24.9. The van der Waals surface area contributed by atoms with Crippen LogP contribution in [-0.4, -0.2) is 23.9 Å². The Morgan fingerprint density at radius 3 is 2.35 bits per heavy atom. The van der Waals surface area contributed by atoms with Gasteiger partial charge in [-0.15, -0.1) is 0 Å². The predicted octanol–water partition coefficient (Wildman–Crippen LogP) is 3.61. The maximum absolute atomic E-state index is 12.7. The minimum Gasteiger partial charge on any atom is -0.348 e. The Bertz CT molecular complexity index is 576. The van der Waals surface area contributed by atoms with E-state index >= 15 is 0 Å². The molecule has 23 heavy (non-hydrogen) atoms. The molecule has 1 atom stereocenters. The standard InChI is InChI=1S/C19H26N2O2/c1-14(20)19(2,16-11-7-4-8-12-16)18(23)21-13-17(22)15-9-5-3-6-10-15/h3,5-6,9-10,16,20H,4,7-8,11-13H2,1-2H3,(H,21,23). The molecule has 4 heteroatoms. The number of nitrogens with one attached hydrogen (secondary N) is 2. The van der Waals surface area contributed by atoms with Gasteiger partial charge in [0.05, 0.1) is 12.0 Å². The molecule has 1 aromatic carbocycles. The zero-order valence-electron chi connectivity index (χ0n) is 14.0. The van der Waals surface area contributed by atoms with Crippen LogP contribution in [0.25, 0.3) is 0 Å². The average molecular weight is 314 g/mol. The molecule has 1 amide bonds. The Balaban J connectivity index is 2.04. The van der Waals surface area contributed by atoms with Crippen LogP contribution < -0.4 is 5.32 Å². The summed E-state index contributed by atoms with van der Waals surface area (Å²) in [6.45, 7) is 3.54. The topological polar surface area (TPSA) is 70.0 Å². The van der Waals surface area contributed by atoms with Crippen LogP contribution in [0.2, 0.25) is 0 Å². The molecule has 124 valence electrons. The number of rotatable bonds is 6. The van der Waals surface area contributed by atoms with Crippen molar-refractivity contribution in [2.45, 2.75) is 46.0 Å². The van der Waals surface area contributed by atoms with E-state index in [-0.39, 0.29) is 24.2 Å². The van der Waals surface area contributed by atoms with E-state index in [2.05, 4.69) is 5.32 Å². The molecular weight excluding hydrogens is 288 g/mol. The van der Waals surface area contributed by atoms with Crippen molar-refractivity contribution < 1.29 is 9.59 Å². The lowest BCUT2D eigenvalue weighted by atomic mass is 9.67. The molecule has 2 N–H and O–H groups in total. The third kappa shape index (κ3) is 3.87. The number of carbonyl (C=O) groups is 2. The van der Waals surface area contributed by atoms with Crippen LogP contribution in [0.3, 0.4) is 0 Å². The number of Topliss-reactive ketones (excluding diaryl/α,β-unsaturated/α-hetero) is 1. The molecule has 1 unspecified atom stereocenters. The van der Waals surface area contributed by atoms with Gasteiger partial charge in [-0.1, -0.05) is 49.6 Å². The van der Waals surface area contributed by atoms with E-state index in [9.17, 15) is 9.59 Å². The van der Waals surface area contributed by atoms with E-state index in [0.717, 1.165) is 25.7 Å². The fraction of sp³-hybridized carbons (Fsp3) is 0.526. The summed E-state index contributed by atoms with van der Waals surface area (Å²) in [5, 5.41) is 10.9. The van der Waals surface area contributed by atoms with E-state index in [1.54, 1.807) is 19.1 Å². The molecule has 1 fully saturated rings. The van der Waals surface area contributed by atoms with Gasteiger partial charge in [-0.05, 0) is 32.6 Å². The summed E-state index contributed by atoms with van der Waals surface area (Å²) in [7, 11) is 0. The second-order valence-electron chi connectivity index (χ2n) is 6.63. The van der Waals surface area contributed by atoms with Crippen molar-refractivity contribution >= 4 is 17.4 Å². The molecule has 0 aromatic heterocycles. The van der Waals surface area contributed by atoms with Gasteiger partial charge < -0.3 is 10.7 Å². The van der Waals surface area contributed by atoms with Gasteiger partial charge in [0, 0.05) is 11.3 Å². The molecule has 0 heterocycles. The van der Waals surface area contributed by atoms with Gasteiger partial charge in [-0.2, -0.15) is 0 Å². The maximum atomic E-state index is 12.7. The highest BCUT2D eigenvalue weighted by molar-refractivity contribution is 6.08. The van der Waals surface area contributed by atoms with Gasteiger partial charge in [0.25, 0.3) is 0 Å². The monoisotopic (exact) mass is 314 g/mol. The molecule has 1 aromatic rings. The minimum atomic E-state index is -0.808. The Morgan fingerprint density at radius 1 is 1.17 bits per heavy atom. The molecule has 0 aliphatic heterocycles. The largest absolute Gasteiger partial charge is 0.348 e. The smallest absolute Gasteiger partial charge is 0.232 e. The molecule has 0 spiro atoms. The van der Waals surface area contributed by atoms with Crippen molar-refractivity contribution in [1.82, 2.24) is 5.32 Å². The van der Waals surface area contributed by atoms with Crippen LogP contribution >= 0.6 is 0 Å². The van der Waals surface area contributed by atoms with Crippen molar-refractivity contribution in [2.75, 3.05) is 6.54 Å². The summed E-state index contributed by atoms with van der Waals surface area (Å²) in [5.74, 6) is -0.102. The lowest BCUT2D eigenvalue weighted by Gasteiger charge is -2.38. The summed E-state index contributed by atoms with van der Waals surface area (Å²) < 4.78 is 0. The summed E-state index contributed by atoms with van der Waals surface area (Å²) in [5.41, 5.74) is 0.171. The first-order valence-electron chi connectivity index (χ1n) is 8.38. The van der Waals surface area contributed by atoms with Gasteiger partial charge in [0.2, 0.25) is 5.91 Å². The lowest BCUT2D eigenvalue weighted by Crippen LogP contribution is -2.50. The van der Waals surface area contributed by atoms with Crippen molar-refractivity contribution in [3.05, 3.63) is 35.9 Å². The SMILES string of the molecule is CC(=N)C(C)(C(=O)NCC(=O)c1ccccc1)C1CCCCC1. The van der Waals surface area contributed by atoms with Crippen LogP contribution in [0.15, 0.2) is 30.3 Å². The molecule has 2 rings (SSSR count). The molecule has 1 aliphatic rings. The highest BCUT2D eigenvalue weighted by Gasteiger charge is 2.43. The second-order valence-corrected chi connectivity index (χ2v) is 6.63. The van der Waals surface area contributed by atoms with Crippen molar-refractivity contribution in [1.29, 1.82) is 5.41 Å². The Hall–Kier alpha value is -1.97. The van der Waals surface area contributed by atoms with Crippen molar-refractivity contribution in [2.24, 2.45) is 11.3 Å². The fourth-order valence-corrected chi connectivity index (χ4v) is 3.41. The Kier molecular flexibility index (Phi) is 5.69. The number of carbonyl (C=O) groups excluding carboxylic acids is 2. The Labute approximate surface area is 138 Å². The zero-order valence-corrected chi connectivity index (χ0v) is 14.0. The number of hydrogen-bond acceptors (Lipinski definition) is 3. The van der Waals surface area contributed by atoms with Crippen LogP contribution in [0.5, 0.6) is 0 Å². The van der Waals surface area contributed by atoms with Crippen molar-refractivity contribution in [3.63, 3.8) is 0 Å². The average Bonchev–Trinajstić information content (AvgIpc) is 2.59.